The Morgan fingerprint density at radius 2 is 2.18 bits per heavy atom. The Morgan fingerprint density at radius 3 is 2.65 bits per heavy atom. The lowest BCUT2D eigenvalue weighted by atomic mass is 10.1. The van der Waals surface area contributed by atoms with Crippen molar-refractivity contribution < 1.29 is 0 Å². The van der Waals surface area contributed by atoms with Crippen LogP contribution in [0.25, 0.3) is 0 Å². The zero-order chi connectivity index (χ0) is 12.4. The molecule has 0 aliphatic rings. The number of thiophene rings is 2. The van der Waals surface area contributed by atoms with E-state index in [0.717, 1.165) is 10.9 Å². The molecule has 2 heterocycles. The highest BCUT2D eigenvalue weighted by Crippen LogP contribution is 2.33. The first-order valence-corrected chi connectivity index (χ1v) is 8.33. The first kappa shape index (κ1) is 13.7. The van der Waals surface area contributed by atoms with E-state index in [1.165, 1.54) is 19.1 Å². The van der Waals surface area contributed by atoms with Crippen LogP contribution in [0.4, 0.5) is 0 Å². The lowest BCUT2D eigenvalue weighted by molar-refractivity contribution is 0.564. The number of nitrogens with one attached hydrogen (secondary N) is 1. The van der Waals surface area contributed by atoms with Gasteiger partial charge in [-0.2, -0.15) is 0 Å². The summed E-state index contributed by atoms with van der Waals surface area (Å²) in [5.41, 5.74) is 4.16. The van der Waals surface area contributed by atoms with Crippen molar-refractivity contribution in [1.29, 1.82) is 0 Å². The Balaban J connectivity index is 2.16. The molecule has 0 aromatic carbocycles. The molecule has 0 radical (unpaired) electrons. The molecule has 0 aliphatic carbocycles. The summed E-state index contributed by atoms with van der Waals surface area (Å²) in [6.45, 7) is 2.10. The first-order chi connectivity index (χ1) is 8.10. The fraction of sp³-hybridized carbons (Fsp3) is 0.273. The summed E-state index contributed by atoms with van der Waals surface area (Å²) in [4.78, 5) is 2.59. The molecule has 2 nitrogen and oxygen atoms in total. The highest BCUT2D eigenvalue weighted by atomic mass is 79.9. The second kappa shape index (κ2) is 5.95. The van der Waals surface area contributed by atoms with Crippen LogP contribution >= 0.6 is 54.5 Å². The van der Waals surface area contributed by atoms with Crippen molar-refractivity contribution in [3.63, 3.8) is 0 Å². The van der Waals surface area contributed by atoms with E-state index in [1.807, 2.05) is 0 Å². The molecule has 0 fully saturated rings. The topological polar surface area (TPSA) is 38.0 Å². The van der Waals surface area contributed by atoms with Crippen LogP contribution in [0.2, 0.25) is 0 Å². The molecule has 2 aromatic rings. The van der Waals surface area contributed by atoms with E-state index in [2.05, 4.69) is 61.7 Å². The minimum Gasteiger partial charge on any atom is -0.271 e. The average molecular weight is 396 g/mol. The number of hydrogen-bond acceptors (Lipinski definition) is 4. The third kappa shape index (κ3) is 3.39. The third-order valence-corrected chi connectivity index (χ3v) is 6.42. The standard InChI is InChI=1S/C11H12Br2N2S2/c1-6-2-10(17-11(6)13)9(15-14)4-8-3-7(12)5-16-8/h2-3,5,9,15H,4,14H2,1H3. The third-order valence-electron chi connectivity index (χ3n) is 2.45. The molecule has 3 N–H and O–H groups in total. The zero-order valence-corrected chi connectivity index (χ0v) is 14.0. The lowest BCUT2D eigenvalue weighted by Gasteiger charge is -2.12. The summed E-state index contributed by atoms with van der Waals surface area (Å²) in [6, 6.07) is 4.50. The van der Waals surface area contributed by atoms with Gasteiger partial charge >= 0.3 is 0 Å². The summed E-state index contributed by atoms with van der Waals surface area (Å²) >= 11 is 10.5. The van der Waals surface area contributed by atoms with Crippen molar-refractivity contribution in [2.75, 3.05) is 0 Å². The number of rotatable bonds is 4. The molecular formula is C11H12Br2N2S2. The maximum atomic E-state index is 5.65. The number of halogens is 2. The fourth-order valence-electron chi connectivity index (χ4n) is 1.56. The molecule has 0 amide bonds. The SMILES string of the molecule is Cc1cc(C(Cc2cc(Br)cs2)NN)sc1Br. The van der Waals surface area contributed by atoms with Gasteiger partial charge in [-0.25, -0.2) is 0 Å². The van der Waals surface area contributed by atoms with Crippen LogP contribution in [0.15, 0.2) is 25.8 Å². The second-order valence-electron chi connectivity index (χ2n) is 3.76. The lowest BCUT2D eigenvalue weighted by Crippen LogP contribution is -2.28. The van der Waals surface area contributed by atoms with Gasteiger partial charge < -0.3 is 0 Å². The molecule has 2 rings (SSSR count). The Morgan fingerprint density at radius 1 is 1.41 bits per heavy atom. The summed E-state index contributed by atoms with van der Waals surface area (Å²) in [5, 5.41) is 2.10. The number of aryl methyl sites for hydroxylation is 1. The molecule has 0 bridgehead atoms. The van der Waals surface area contributed by atoms with Gasteiger partial charge in [0.2, 0.25) is 0 Å². The largest absolute Gasteiger partial charge is 0.271 e. The van der Waals surface area contributed by atoms with Crippen molar-refractivity contribution in [3.8, 4) is 0 Å². The normalized spacial score (nSPS) is 12.9. The van der Waals surface area contributed by atoms with Gasteiger partial charge in [-0.15, -0.1) is 22.7 Å². The fourth-order valence-corrected chi connectivity index (χ4v) is 4.69. The van der Waals surface area contributed by atoms with E-state index < -0.39 is 0 Å². The van der Waals surface area contributed by atoms with E-state index in [-0.39, 0.29) is 6.04 Å². The molecule has 92 valence electrons. The Hall–Kier alpha value is 0.280. The van der Waals surface area contributed by atoms with Gasteiger partial charge in [-0.05, 0) is 56.5 Å². The van der Waals surface area contributed by atoms with Crippen LogP contribution < -0.4 is 11.3 Å². The van der Waals surface area contributed by atoms with Gasteiger partial charge in [-0.1, -0.05) is 0 Å². The van der Waals surface area contributed by atoms with Crippen molar-refractivity contribution >= 4 is 54.5 Å². The van der Waals surface area contributed by atoms with Gasteiger partial charge in [0.05, 0.1) is 9.83 Å². The summed E-state index contributed by atoms with van der Waals surface area (Å²) in [6.07, 6.45) is 0.916. The van der Waals surface area contributed by atoms with E-state index in [0.29, 0.717) is 0 Å². The van der Waals surface area contributed by atoms with E-state index in [1.54, 1.807) is 22.7 Å². The van der Waals surface area contributed by atoms with Gasteiger partial charge in [0.25, 0.3) is 0 Å². The maximum absolute atomic E-state index is 5.65. The molecule has 17 heavy (non-hydrogen) atoms. The highest BCUT2D eigenvalue weighted by Gasteiger charge is 2.15. The van der Waals surface area contributed by atoms with Gasteiger partial charge in [0, 0.05) is 26.0 Å². The zero-order valence-electron chi connectivity index (χ0n) is 9.17. The van der Waals surface area contributed by atoms with Crippen LogP contribution in [0.1, 0.15) is 21.4 Å². The van der Waals surface area contributed by atoms with Gasteiger partial charge in [-0.3, -0.25) is 11.3 Å². The van der Waals surface area contributed by atoms with Gasteiger partial charge in [0.1, 0.15) is 0 Å². The molecule has 2 aromatic heterocycles. The molecule has 0 saturated carbocycles. The predicted octanol–water partition coefficient (Wildman–Crippen LogP) is 4.39. The summed E-state index contributed by atoms with van der Waals surface area (Å²) in [7, 11) is 0. The van der Waals surface area contributed by atoms with Crippen LogP contribution in [0.3, 0.4) is 0 Å². The van der Waals surface area contributed by atoms with Crippen molar-refractivity contribution in [2.45, 2.75) is 19.4 Å². The van der Waals surface area contributed by atoms with E-state index >= 15 is 0 Å². The Kier molecular flexibility index (Phi) is 4.80. The number of hydrogen-bond donors (Lipinski definition) is 2. The molecule has 1 atom stereocenters. The first-order valence-electron chi connectivity index (χ1n) is 5.05. The maximum Gasteiger partial charge on any atom is 0.0731 e. The summed E-state index contributed by atoms with van der Waals surface area (Å²) < 4.78 is 2.32. The molecule has 6 heteroatoms. The van der Waals surface area contributed by atoms with Crippen molar-refractivity contribution in [3.05, 3.63) is 41.1 Å². The van der Waals surface area contributed by atoms with E-state index in [4.69, 9.17) is 5.84 Å². The molecular weight excluding hydrogens is 384 g/mol. The average Bonchev–Trinajstić information content (AvgIpc) is 2.83. The van der Waals surface area contributed by atoms with Crippen LogP contribution in [0, 0.1) is 6.92 Å². The second-order valence-corrected chi connectivity index (χ2v) is 8.07. The quantitative estimate of drug-likeness (QED) is 0.595. The van der Waals surface area contributed by atoms with Crippen LogP contribution in [0.5, 0.6) is 0 Å². The van der Waals surface area contributed by atoms with Crippen LogP contribution in [-0.2, 0) is 6.42 Å². The predicted molar refractivity (Wildman–Crippen MR) is 82.5 cm³/mol. The number of nitrogens with two attached hydrogens (primary N) is 1. The van der Waals surface area contributed by atoms with Crippen molar-refractivity contribution in [1.82, 2.24) is 5.43 Å². The molecule has 1 unspecified atom stereocenters. The van der Waals surface area contributed by atoms with Gasteiger partial charge in [0.15, 0.2) is 0 Å². The monoisotopic (exact) mass is 394 g/mol. The highest BCUT2D eigenvalue weighted by molar-refractivity contribution is 9.11. The minimum absolute atomic E-state index is 0.176. The molecule has 0 spiro atoms. The smallest absolute Gasteiger partial charge is 0.0731 e. The number of hydrazine groups is 1. The van der Waals surface area contributed by atoms with Crippen LogP contribution in [-0.4, -0.2) is 0 Å². The summed E-state index contributed by atoms with van der Waals surface area (Å²) in [5.74, 6) is 5.65. The van der Waals surface area contributed by atoms with Crippen molar-refractivity contribution in [2.24, 2.45) is 5.84 Å². The molecule has 0 saturated heterocycles. The minimum atomic E-state index is 0.176. The Bertz CT molecular complexity index is 488. The van der Waals surface area contributed by atoms with E-state index in [9.17, 15) is 0 Å². The molecule has 0 aliphatic heterocycles. The Labute approximate surface area is 125 Å².